The van der Waals surface area contributed by atoms with E-state index in [1.165, 1.54) is 6.92 Å². The molecular weight excluding hydrogens is 328 g/mol. The summed E-state index contributed by atoms with van der Waals surface area (Å²) in [7, 11) is 0. The summed E-state index contributed by atoms with van der Waals surface area (Å²) in [5, 5.41) is 3.20. The maximum absolute atomic E-state index is 12.9. The summed E-state index contributed by atoms with van der Waals surface area (Å²) in [4.78, 5) is 27.2. The summed E-state index contributed by atoms with van der Waals surface area (Å²) >= 11 is 5.93. The first-order valence-electron chi connectivity index (χ1n) is 7.62. The van der Waals surface area contributed by atoms with Gasteiger partial charge in [-0.2, -0.15) is 0 Å². The zero-order valence-electron chi connectivity index (χ0n) is 13.4. The van der Waals surface area contributed by atoms with E-state index in [-0.39, 0.29) is 0 Å². The number of carbonyl (C=O) groups excluding carboxylic acids is 2. The van der Waals surface area contributed by atoms with E-state index in [1.54, 1.807) is 47.4 Å². The molecule has 0 fully saturated rings. The largest absolute Gasteiger partial charge is 0.465 e. The van der Waals surface area contributed by atoms with Gasteiger partial charge in [-0.15, -0.1) is 0 Å². The first-order chi connectivity index (χ1) is 11.5. The molecule has 1 atom stereocenters. The predicted octanol–water partition coefficient (Wildman–Crippen LogP) is 3.48. The van der Waals surface area contributed by atoms with Crippen LogP contribution in [0.15, 0.2) is 48.5 Å². The molecule has 1 heterocycles. The molecule has 124 valence electrons. The number of nitrogens with one attached hydrogen (secondary N) is 1. The van der Waals surface area contributed by atoms with E-state index in [4.69, 9.17) is 16.3 Å². The van der Waals surface area contributed by atoms with E-state index in [9.17, 15) is 9.59 Å². The average molecular weight is 345 g/mol. The van der Waals surface area contributed by atoms with Gasteiger partial charge in [-0.1, -0.05) is 29.8 Å². The van der Waals surface area contributed by atoms with Crippen LogP contribution in [0.1, 0.15) is 13.8 Å². The molecule has 3 rings (SSSR count). The molecule has 1 aliphatic heterocycles. The molecule has 0 saturated carbocycles. The lowest BCUT2D eigenvalue weighted by Gasteiger charge is -2.39. The lowest BCUT2D eigenvalue weighted by Crippen LogP contribution is -2.60. The van der Waals surface area contributed by atoms with Gasteiger partial charge in [0, 0.05) is 17.3 Å². The highest BCUT2D eigenvalue weighted by Crippen LogP contribution is 2.38. The van der Waals surface area contributed by atoms with Crippen LogP contribution >= 0.6 is 11.6 Å². The number of benzene rings is 2. The Balaban J connectivity index is 1.94. The van der Waals surface area contributed by atoms with Crippen molar-refractivity contribution in [3.05, 3.63) is 53.6 Å². The minimum Gasteiger partial charge on any atom is -0.465 e. The van der Waals surface area contributed by atoms with Gasteiger partial charge in [0.1, 0.15) is 5.75 Å². The van der Waals surface area contributed by atoms with Crippen molar-refractivity contribution in [2.75, 3.05) is 16.8 Å². The van der Waals surface area contributed by atoms with Crippen LogP contribution in [0, 0.1) is 0 Å². The van der Waals surface area contributed by atoms with Crippen LogP contribution in [0.2, 0.25) is 5.02 Å². The predicted molar refractivity (Wildman–Crippen MR) is 93.6 cm³/mol. The second-order valence-corrected chi connectivity index (χ2v) is 6.05. The number of ether oxygens (including phenoxy) is 1. The summed E-state index contributed by atoms with van der Waals surface area (Å²) in [6, 6.07) is 13.9. The molecule has 1 unspecified atom stereocenters. The standard InChI is InChI=1S/C18H17ClN2O3/c1-3-21-14-9-4-5-10-15(14)24-18(2,17(21)23)16(22)20-13-8-6-7-12(19)11-13/h4-11H,3H2,1-2H3,(H,20,22). The topological polar surface area (TPSA) is 58.6 Å². The molecule has 2 aromatic carbocycles. The normalized spacial score (nSPS) is 19.5. The number of amides is 2. The van der Waals surface area contributed by atoms with E-state index >= 15 is 0 Å². The van der Waals surface area contributed by atoms with Crippen molar-refractivity contribution >= 4 is 34.8 Å². The molecule has 0 aromatic heterocycles. The number of nitrogens with zero attached hydrogens (tertiary/aromatic N) is 1. The Bertz CT molecular complexity index is 808. The van der Waals surface area contributed by atoms with E-state index in [1.807, 2.05) is 13.0 Å². The molecule has 1 aliphatic rings. The Morgan fingerprint density at radius 2 is 2.00 bits per heavy atom. The fourth-order valence-electron chi connectivity index (χ4n) is 2.67. The number of likely N-dealkylation sites (N-methyl/N-ethyl adjacent to an activating group) is 1. The lowest BCUT2D eigenvalue weighted by molar-refractivity contribution is -0.145. The highest BCUT2D eigenvalue weighted by Gasteiger charge is 2.50. The molecular formula is C18H17ClN2O3. The van der Waals surface area contributed by atoms with E-state index in [0.717, 1.165) is 0 Å². The van der Waals surface area contributed by atoms with Crippen molar-refractivity contribution in [2.45, 2.75) is 19.4 Å². The number of hydrogen-bond acceptors (Lipinski definition) is 3. The van der Waals surface area contributed by atoms with Gasteiger partial charge in [-0.3, -0.25) is 9.59 Å². The van der Waals surface area contributed by atoms with Gasteiger partial charge >= 0.3 is 0 Å². The molecule has 5 nitrogen and oxygen atoms in total. The van der Waals surface area contributed by atoms with Crippen molar-refractivity contribution in [3.63, 3.8) is 0 Å². The molecule has 0 radical (unpaired) electrons. The van der Waals surface area contributed by atoms with Crippen molar-refractivity contribution in [1.29, 1.82) is 0 Å². The monoisotopic (exact) mass is 344 g/mol. The zero-order valence-corrected chi connectivity index (χ0v) is 14.1. The smallest absolute Gasteiger partial charge is 0.280 e. The minimum absolute atomic E-state index is 0.400. The molecule has 24 heavy (non-hydrogen) atoms. The maximum Gasteiger partial charge on any atom is 0.280 e. The molecule has 6 heteroatoms. The van der Waals surface area contributed by atoms with Gasteiger partial charge in [0.05, 0.1) is 5.69 Å². The fourth-order valence-corrected chi connectivity index (χ4v) is 2.86. The highest BCUT2D eigenvalue weighted by atomic mass is 35.5. The highest BCUT2D eigenvalue weighted by molar-refractivity contribution is 6.31. The summed E-state index contributed by atoms with van der Waals surface area (Å²) in [6.07, 6.45) is 0. The maximum atomic E-state index is 12.9. The van der Waals surface area contributed by atoms with Gasteiger partial charge in [-0.25, -0.2) is 0 Å². The van der Waals surface area contributed by atoms with Crippen molar-refractivity contribution in [3.8, 4) is 5.75 Å². The van der Waals surface area contributed by atoms with Crippen LogP contribution in [0.5, 0.6) is 5.75 Å². The molecule has 1 N–H and O–H groups in total. The van der Waals surface area contributed by atoms with Crippen LogP contribution < -0.4 is 15.0 Å². The number of fused-ring (bicyclic) bond motifs is 1. The third-order valence-corrected chi connectivity index (χ3v) is 4.19. The first kappa shape index (κ1) is 16.3. The lowest BCUT2D eigenvalue weighted by atomic mass is 9.99. The molecule has 0 bridgehead atoms. The fraction of sp³-hybridized carbons (Fsp3) is 0.222. The summed E-state index contributed by atoms with van der Waals surface area (Å²) in [5.74, 6) is -0.436. The van der Waals surface area contributed by atoms with Crippen LogP contribution in [0.3, 0.4) is 0 Å². The van der Waals surface area contributed by atoms with E-state index in [0.29, 0.717) is 28.7 Å². The Labute approximate surface area is 145 Å². The second kappa shape index (κ2) is 6.17. The molecule has 0 aliphatic carbocycles. The number of anilines is 2. The number of carbonyl (C=O) groups is 2. The number of hydrogen-bond donors (Lipinski definition) is 1. The van der Waals surface area contributed by atoms with Gasteiger partial charge < -0.3 is 15.0 Å². The zero-order chi connectivity index (χ0) is 17.3. The Kier molecular flexibility index (Phi) is 4.20. The summed E-state index contributed by atoms with van der Waals surface area (Å²) in [6.45, 7) is 3.78. The Morgan fingerprint density at radius 1 is 1.25 bits per heavy atom. The van der Waals surface area contributed by atoms with Crippen LogP contribution in [0.25, 0.3) is 0 Å². The van der Waals surface area contributed by atoms with Gasteiger partial charge in [0.2, 0.25) is 0 Å². The Morgan fingerprint density at radius 3 is 2.71 bits per heavy atom. The summed E-state index contributed by atoms with van der Waals surface area (Å²) < 4.78 is 5.79. The average Bonchev–Trinajstić information content (AvgIpc) is 2.56. The van der Waals surface area contributed by atoms with Crippen LogP contribution in [-0.4, -0.2) is 24.0 Å². The van der Waals surface area contributed by atoms with Crippen molar-refractivity contribution in [1.82, 2.24) is 0 Å². The van der Waals surface area contributed by atoms with Crippen LogP contribution in [-0.2, 0) is 9.59 Å². The molecule has 0 saturated heterocycles. The summed E-state index contributed by atoms with van der Waals surface area (Å²) in [5.41, 5.74) is -0.475. The molecule has 2 aromatic rings. The Hall–Kier alpha value is -2.53. The van der Waals surface area contributed by atoms with Gasteiger partial charge in [0.25, 0.3) is 17.4 Å². The van der Waals surface area contributed by atoms with Crippen molar-refractivity contribution < 1.29 is 14.3 Å². The number of rotatable bonds is 3. The quantitative estimate of drug-likeness (QED) is 0.867. The third kappa shape index (κ3) is 2.71. The second-order valence-electron chi connectivity index (χ2n) is 5.62. The number of halogens is 1. The van der Waals surface area contributed by atoms with E-state index < -0.39 is 17.4 Å². The number of para-hydroxylation sites is 2. The SMILES string of the molecule is CCN1C(=O)C(C)(C(=O)Nc2cccc(Cl)c2)Oc2ccccc21. The third-order valence-electron chi connectivity index (χ3n) is 3.96. The minimum atomic E-state index is -1.65. The van der Waals surface area contributed by atoms with Crippen LogP contribution in [0.4, 0.5) is 11.4 Å². The first-order valence-corrected chi connectivity index (χ1v) is 8.00. The van der Waals surface area contributed by atoms with Crippen molar-refractivity contribution in [2.24, 2.45) is 0 Å². The van der Waals surface area contributed by atoms with Gasteiger partial charge in [-0.05, 0) is 44.2 Å². The molecule has 2 amide bonds. The molecule has 0 spiro atoms. The van der Waals surface area contributed by atoms with E-state index in [2.05, 4.69) is 5.32 Å². The van der Waals surface area contributed by atoms with Gasteiger partial charge in [0.15, 0.2) is 0 Å².